The maximum absolute atomic E-state index is 10.0. The number of hydrogen-bond donors (Lipinski definition) is 0. The number of ether oxygens (including phenoxy) is 2. The van der Waals surface area contributed by atoms with Crippen LogP contribution < -0.4 is 9.80 Å². The molecule has 3 heterocycles. The van der Waals surface area contributed by atoms with Gasteiger partial charge in [-0.25, -0.2) is 0 Å². The van der Waals surface area contributed by atoms with Crippen molar-refractivity contribution in [3.05, 3.63) is 66.0 Å². The normalized spacial score (nSPS) is 17.1. The second-order valence-electron chi connectivity index (χ2n) is 7.95. The first-order valence-corrected chi connectivity index (χ1v) is 11.2. The van der Waals surface area contributed by atoms with Crippen LogP contribution in [0.25, 0.3) is 17.3 Å². The van der Waals surface area contributed by atoms with Gasteiger partial charge >= 0.3 is 0 Å². The number of rotatable bonds is 5. The summed E-state index contributed by atoms with van der Waals surface area (Å²) in [5.74, 6) is 1.26. The van der Waals surface area contributed by atoms with Gasteiger partial charge in [0.2, 0.25) is 5.95 Å². The van der Waals surface area contributed by atoms with Crippen LogP contribution in [0.5, 0.6) is 0 Å². The first-order valence-electron chi connectivity index (χ1n) is 11.2. The molecule has 0 radical (unpaired) electrons. The van der Waals surface area contributed by atoms with Crippen LogP contribution in [0.3, 0.4) is 0 Å². The molecule has 2 aliphatic heterocycles. The van der Waals surface area contributed by atoms with Gasteiger partial charge < -0.3 is 19.3 Å². The Hall–Kier alpha value is -3.67. The molecule has 2 aliphatic rings. The van der Waals surface area contributed by atoms with Gasteiger partial charge in [-0.2, -0.15) is 5.26 Å². The fourth-order valence-corrected chi connectivity index (χ4v) is 4.15. The minimum atomic E-state index is 0.463. The van der Waals surface area contributed by atoms with Gasteiger partial charge in [0.25, 0.3) is 0 Å². The molecule has 33 heavy (non-hydrogen) atoms. The Morgan fingerprint density at radius 1 is 0.788 bits per heavy atom. The van der Waals surface area contributed by atoms with E-state index < -0.39 is 0 Å². The smallest absolute Gasteiger partial charge is 0.232 e. The van der Waals surface area contributed by atoms with Crippen LogP contribution in [0.15, 0.2) is 54.6 Å². The zero-order chi connectivity index (χ0) is 22.5. The molecule has 0 N–H and O–H groups in total. The van der Waals surface area contributed by atoms with Crippen molar-refractivity contribution in [2.24, 2.45) is 0 Å². The Morgan fingerprint density at radius 2 is 1.42 bits per heavy atom. The van der Waals surface area contributed by atoms with E-state index in [4.69, 9.17) is 9.47 Å². The van der Waals surface area contributed by atoms with E-state index in [2.05, 4.69) is 38.2 Å². The zero-order valence-corrected chi connectivity index (χ0v) is 18.4. The minimum absolute atomic E-state index is 0.463. The Morgan fingerprint density at radius 3 is 2.06 bits per heavy atom. The Labute approximate surface area is 193 Å². The van der Waals surface area contributed by atoms with E-state index in [-0.39, 0.29) is 0 Å². The number of para-hydroxylation sites is 1. The number of morpholine rings is 2. The third-order valence-corrected chi connectivity index (χ3v) is 5.90. The molecule has 8 nitrogen and oxygen atoms in total. The van der Waals surface area contributed by atoms with E-state index in [0.717, 1.165) is 62.3 Å². The molecule has 8 heteroatoms. The van der Waals surface area contributed by atoms with Crippen LogP contribution in [0.2, 0.25) is 0 Å². The average Bonchev–Trinajstić information content (AvgIpc) is 3.34. The summed E-state index contributed by atoms with van der Waals surface area (Å²) in [5, 5.41) is 19.0. The molecule has 0 saturated carbocycles. The van der Waals surface area contributed by atoms with Gasteiger partial charge in [-0.05, 0) is 35.9 Å². The lowest BCUT2D eigenvalue weighted by Gasteiger charge is -2.28. The van der Waals surface area contributed by atoms with E-state index in [0.29, 0.717) is 24.6 Å². The topological polar surface area (TPSA) is 79.4 Å². The Kier molecular flexibility index (Phi) is 6.33. The van der Waals surface area contributed by atoms with Crippen molar-refractivity contribution in [1.82, 2.24) is 14.8 Å². The van der Waals surface area contributed by atoms with E-state index in [1.54, 1.807) is 0 Å². The highest BCUT2D eigenvalue weighted by atomic mass is 16.5. The molecule has 1 aromatic heterocycles. The van der Waals surface area contributed by atoms with Gasteiger partial charge in [0, 0.05) is 31.9 Å². The number of nitrogens with zero attached hydrogens (tertiary/aromatic N) is 6. The first-order chi connectivity index (χ1) is 16.3. The summed E-state index contributed by atoms with van der Waals surface area (Å²) in [6.07, 6.45) is 1.87. The molecule has 0 spiro atoms. The first kappa shape index (κ1) is 21.2. The molecule has 168 valence electrons. The highest BCUT2D eigenvalue weighted by Gasteiger charge is 2.23. The number of nitriles is 1. The molecule has 0 bridgehead atoms. The predicted octanol–water partition coefficient (Wildman–Crippen LogP) is 3.00. The third kappa shape index (κ3) is 4.60. The third-order valence-electron chi connectivity index (χ3n) is 5.90. The van der Waals surface area contributed by atoms with Gasteiger partial charge in [-0.15, -0.1) is 10.2 Å². The number of anilines is 2. The molecule has 0 unspecified atom stereocenters. The van der Waals surface area contributed by atoms with Crippen molar-refractivity contribution < 1.29 is 9.47 Å². The highest BCUT2D eigenvalue weighted by Crippen LogP contribution is 2.27. The average molecular weight is 443 g/mol. The van der Waals surface area contributed by atoms with Crippen molar-refractivity contribution in [3.63, 3.8) is 0 Å². The van der Waals surface area contributed by atoms with Crippen molar-refractivity contribution in [3.8, 4) is 11.8 Å². The van der Waals surface area contributed by atoms with Crippen LogP contribution in [-0.4, -0.2) is 67.4 Å². The zero-order valence-electron chi connectivity index (χ0n) is 18.4. The Balaban J connectivity index is 1.49. The van der Waals surface area contributed by atoms with Crippen molar-refractivity contribution >= 4 is 23.3 Å². The van der Waals surface area contributed by atoms with E-state index in [1.807, 2.05) is 53.1 Å². The van der Waals surface area contributed by atoms with Gasteiger partial charge in [-0.1, -0.05) is 30.3 Å². The van der Waals surface area contributed by atoms with Crippen LogP contribution in [0, 0.1) is 11.3 Å². The summed E-state index contributed by atoms with van der Waals surface area (Å²) in [7, 11) is 0. The standard InChI is InChI=1S/C25H26N6O2/c26-19-21(18-20-6-8-22(9-7-20)29-10-14-32-15-11-29)24-27-28-25(30-12-16-33-17-13-30)31(24)23-4-2-1-3-5-23/h1-9,18H,10-17H2/b21-18+. The van der Waals surface area contributed by atoms with Gasteiger partial charge in [0.1, 0.15) is 6.07 Å². The highest BCUT2D eigenvalue weighted by molar-refractivity contribution is 5.88. The SMILES string of the molecule is N#C/C(=C\c1ccc(N2CCOCC2)cc1)c1nnc(N2CCOCC2)n1-c1ccccc1. The van der Waals surface area contributed by atoms with E-state index in [9.17, 15) is 5.26 Å². The van der Waals surface area contributed by atoms with Gasteiger partial charge in [0.15, 0.2) is 5.82 Å². The van der Waals surface area contributed by atoms with Crippen molar-refractivity contribution in [2.75, 3.05) is 62.4 Å². The maximum atomic E-state index is 10.0. The molecule has 0 aliphatic carbocycles. The monoisotopic (exact) mass is 442 g/mol. The number of hydrogen-bond acceptors (Lipinski definition) is 7. The summed E-state index contributed by atoms with van der Waals surface area (Å²) < 4.78 is 12.9. The maximum Gasteiger partial charge on any atom is 0.232 e. The molecule has 3 aromatic rings. The summed E-state index contributed by atoms with van der Waals surface area (Å²) in [4.78, 5) is 4.46. The lowest BCUT2D eigenvalue weighted by atomic mass is 10.1. The fourth-order valence-electron chi connectivity index (χ4n) is 4.15. The van der Waals surface area contributed by atoms with Crippen LogP contribution in [0.1, 0.15) is 11.4 Å². The number of allylic oxidation sites excluding steroid dienone is 1. The summed E-state index contributed by atoms with van der Waals surface area (Å²) in [6.45, 7) is 6.05. The largest absolute Gasteiger partial charge is 0.378 e. The van der Waals surface area contributed by atoms with Crippen molar-refractivity contribution in [2.45, 2.75) is 0 Å². The number of aromatic nitrogens is 3. The second kappa shape index (κ2) is 9.86. The van der Waals surface area contributed by atoms with Crippen molar-refractivity contribution in [1.29, 1.82) is 5.26 Å². The number of benzene rings is 2. The molecular formula is C25H26N6O2. The molecule has 2 fully saturated rings. The minimum Gasteiger partial charge on any atom is -0.378 e. The summed E-state index contributed by atoms with van der Waals surface area (Å²) in [6, 6.07) is 20.5. The van der Waals surface area contributed by atoms with E-state index in [1.165, 1.54) is 0 Å². The molecule has 5 rings (SSSR count). The predicted molar refractivity (Wildman–Crippen MR) is 127 cm³/mol. The van der Waals surface area contributed by atoms with Crippen LogP contribution in [0.4, 0.5) is 11.6 Å². The molecular weight excluding hydrogens is 416 g/mol. The lowest BCUT2D eigenvalue weighted by Crippen LogP contribution is -2.38. The summed E-state index contributed by atoms with van der Waals surface area (Å²) in [5.41, 5.74) is 3.49. The molecule has 2 saturated heterocycles. The second-order valence-corrected chi connectivity index (χ2v) is 7.95. The van der Waals surface area contributed by atoms with Crippen LogP contribution >= 0.6 is 0 Å². The Bertz CT molecular complexity index is 1140. The van der Waals surface area contributed by atoms with Crippen LogP contribution in [-0.2, 0) is 9.47 Å². The summed E-state index contributed by atoms with van der Waals surface area (Å²) >= 11 is 0. The quantitative estimate of drug-likeness (QED) is 0.562. The molecule has 0 amide bonds. The van der Waals surface area contributed by atoms with Gasteiger partial charge in [-0.3, -0.25) is 4.57 Å². The molecule has 2 aromatic carbocycles. The molecule has 0 atom stereocenters. The fraction of sp³-hybridized carbons (Fsp3) is 0.320. The lowest BCUT2D eigenvalue weighted by molar-refractivity contribution is 0.122. The van der Waals surface area contributed by atoms with Gasteiger partial charge in [0.05, 0.1) is 37.7 Å². The van der Waals surface area contributed by atoms with E-state index >= 15 is 0 Å².